The largest absolute Gasteiger partial charge is 0.434 e. The van der Waals surface area contributed by atoms with Crippen LogP contribution in [0.5, 0.6) is 5.75 Å². The number of nitrogens with zero attached hydrogens (tertiary/aromatic N) is 2. The van der Waals surface area contributed by atoms with Crippen molar-refractivity contribution in [1.82, 2.24) is 9.38 Å². The van der Waals surface area contributed by atoms with E-state index >= 15 is 0 Å². The molecule has 21 heavy (non-hydrogen) atoms. The number of benzene rings is 1. The second kappa shape index (κ2) is 5.61. The lowest BCUT2D eigenvalue weighted by molar-refractivity contribution is -0.0501. The zero-order valence-electron chi connectivity index (χ0n) is 10.7. The number of halogens is 2. The van der Waals surface area contributed by atoms with Crippen LogP contribution >= 0.6 is 11.3 Å². The summed E-state index contributed by atoms with van der Waals surface area (Å²) in [6.07, 6.45) is 3.63. The van der Waals surface area contributed by atoms with Crippen molar-refractivity contribution >= 4 is 22.1 Å². The normalized spacial score (nSPS) is 11.2. The Balaban J connectivity index is 1.83. The van der Waals surface area contributed by atoms with E-state index in [4.69, 9.17) is 0 Å². The molecular weight excluding hydrogens is 298 g/mol. The van der Waals surface area contributed by atoms with E-state index in [-0.39, 0.29) is 23.5 Å². The third-order valence-electron chi connectivity index (χ3n) is 2.89. The Labute approximate surface area is 122 Å². The number of carbonyl (C=O) groups excluding carboxylic acids is 1. The molecule has 0 spiro atoms. The third kappa shape index (κ3) is 2.92. The van der Waals surface area contributed by atoms with Gasteiger partial charge in [-0.2, -0.15) is 8.78 Å². The summed E-state index contributed by atoms with van der Waals surface area (Å²) in [7, 11) is 0. The van der Waals surface area contributed by atoms with Gasteiger partial charge in [0.15, 0.2) is 10.7 Å². The molecule has 2 aromatic heterocycles. The molecule has 0 bridgehead atoms. The van der Waals surface area contributed by atoms with Crippen molar-refractivity contribution in [3.05, 3.63) is 53.3 Å². The van der Waals surface area contributed by atoms with Crippen LogP contribution in [-0.4, -0.2) is 21.8 Å². The first kappa shape index (κ1) is 13.7. The van der Waals surface area contributed by atoms with Gasteiger partial charge in [0.2, 0.25) is 0 Å². The topological polar surface area (TPSA) is 43.6 Å². The Bertz CT molecular complexity index is 753. The molecule has 0 amide bonds. The molecule has 0 saturated carbocycles. The van der Waals surface area contributed by atoms with Gasteiger partial charge in [0.05, 0.1) is 17.7 Å². The van der Waals surface area contributed by atoms with Gasteiger partial charge < -0.3 is 4.74 Å². The lowest BCUT2D eigenvalue weighted by Crippen LogP contribution is -2.10. The first-order valence-electron chi connectivity index (χ1n) is 6.11. The van der Waals surface area contributed by atoms with Crippen LogP contribution in [-0.2, 0) is 6.42 Å². The average Bonchev–Trinajstić information content (AvgIpc) is 2.99. The van der Waals surface area contributed by atoms with Crippen LogP contribution < -0.4 is 4.74 Å². The number of hydrogen-bond acceptors (Lipinski definition) is 4. The second-order valence-electron chi connectivity index (χ2n) is 4.30. The smallest absolute Gasteiger partial charge is 0.387 e. The molecule has 7 heteroatoms. The maximum atomic E-state index is 12.3. The lowest BCUT2D eigenvalue weighted by atomic mass is 10.1. The van der Waals surface area contributed by atoms with E-state index in [0.717, 1.165) is 4.96 Å². The van der Waals surface area contributed by atoms with E-state index in [0.29, 0.717) is 5.69 Å². The summed E-state index contributed by atoms with van der Waals surface area (Å²) in [6, 6.07) is 5.97. The summed E-state index contributed by atoms with van der Waals surface area (Å²) < 4.78 is 30.9. The Morgan fingerprint density at radius 3 is 2.95 bits per heavy atom. The zero-order valence-corrected chi connectivity index (χ0v) is 11.5. The first-order valence-corrected chi connectivity index (χ1v) is 6.99. The van der Waals surface area contributed by atoms with Crippen molar-refractivity contribution in [1.29, 1.82) is 0 Å². The predicted octanol–water partition coefficient (Wildman–Crippen LogP) is 3.42. The van der Waals surface area contributed by atoms with Crippen LogP contribution in [0, 0.1) is 0 Å². The van der Waals surface area contributed by atoms with Gasteiger partial charge in [0, 0.05) is 17.8 Å². The quantitative estimate of drug-likeness (QED) is 0.678. The summed E-state index contributed by atoms with van der Waals surface area (Å²) in [4.78, 5) is 17.3. The molecule has 0 aliphatic carbocycles. The van der Waals surface area contributed by atoms with Crippen LogP contribution in [0.25, 0.3) is 4.96 Å². The summed E-state index contributed by atoms with van der Waals surface area (Å²) in [5.74, 6) is -0.421. The number of hydrogen-bond donors (Lipinski definition) is 0. The van der Waals surface area contributed by atoms with E-state index in [2.05, 4.69) is 9.72 Å². The van der Waals surface area contributed by atoms with Gasteiger partial charge >= 0.3 is 6.61 Å². The fourth-order valence-electron chi connectivity index (χ4n) is 2.02. The Kier molecular flexibility index (Phi) is 3.66. The number of alkyl halides is 2. The number of ether oxygens (including phenoxy) is 1. The van der Waals surface area contributed by atoms with Gasteiger partial charge in [-0.25, -0.2) is 4.98 Å². The van der Waals surface area contributed by atoms with Crippen molar-refractivity contribution in [3.63, 3.8) is 0 Å². The number of rotatable bonds is 5. The van der Waals surface area contributed by atoms with Crippen molar-refractivity contribution in [3.8, 4) is 5.75 Å². The Morgan fingerprint density at radius 1 is 1.38 bits per heavy atom. The van der Waals surface area contributed by atoms with E-state index in [1.165, 1.54) is 23.5 Å². The predicted molar refractivity (Wildman–Crippen MR) is 74.2 cm³/mol. The highest BCUT2D eigenvalue weighted by molar-refractivity contribution is 7.15. The standard InChI is InChI=1S/C14H10F2N2O2S/c15-13(16)20-12-4-2-1-3-10(12)11(19)7-9-8-18-5-6-21-14(18)17-9/h1-6,8,13H,7H2. The highest BCUT2D eigenvalue weighted by atomic mass is 32.1. The minimum Gasteiger partial charge on any atom is -0.434 e. The molecular formula is C14H10F2N2O2S. The van der Waals surface area contributed by atoms with Crippen molar-refractivity contribution in [2.45, 2.75) is 13.0 Å². The molecule has 0 aliphatic rings. The van der Waals surface area contributed by atoms with E-state index in [1.54, 1.807) is 18.3 Å². The number of fused-ring (bicyclic) bond motifs is 1. The van der Waals surface area contributed by atoms with Crippen LogP contribution in [0.15, 0.2) is 42.0 Å². The van der Waals surface area contributed by atoms with Crippen LogP contribution in [0.1, 0.15) is 16.1 Å². The number of thiazole rings is 1. The van der Waals surface area contributed by atoms with Crippen molar-refractivity contribution < 1.29 is 18.3 Å². The lowest BCUT2D eigenvalue weighted by Gasteiger charge is -2.08. The molecule has 0 atom stereocenters. The molecule has 0 radical (unpaired) electrons. The number of carbonyl (C=O) groups is 1. The van der Waals surface area contributed by atoms with Gasteiger partial charge in [-0.1, -0.05) is 12.1 Å². The maximum absolute atomic E-state index is 12.3. The summed E-state index contributed by atoms with van der Waals surface area (Å²) in [6.45, 7) is -2.96. The first-order chi connectivity index (χ1) is 10.1. The molecule has 0 unspecified atom stereocenters. The number of ketones is 1. The molecule has 3 rings (SSSR count). The molecule has 2 heterocycles. The minimum atomic E-state index is -2.96. The van der Waals surface area contributed by atoms with Crippen molar-refractivity contribution in [2.24, 2.45) is 0 Å². The summed E-state index contributed by atoms with van der Waals surface area (Å²) >= 11 is 1.46. The zero-order chi connectivity index (χ0) is 14.8. The summed E-state index contributed by atoms with van der Waals surface area (Å²) in [5.41, 5.74) is 0.729. The fraction of sp³-hybridized carbons (Fsp3) is 0.143. The molecule has 0 fully saturated rings. The minimum absolute atomic E-state index is 0.0397. The molecule has 0 aliphatic heterocycles. The van der Waals surface area contributed by atoms with Crippen LogP contribution in [0.3, 0.4) is 0 Å². The number of imidazole rings is 1. The molecule has 108 valence electrons. The highest BCUT2D eigenvalue weighted by Gasteiger charge is 2.17. The Hall–Kier alpha value is -2.28. The molecule has 4 nitrogen and oxygen atoms in total. The maximum Gasteiger partial charge on any atom is 0.387 e. The molecule has 0 saturated heterocycles. The Morgan fingerprint density at radius 2 is 2.19 bits per heavy atom. The summed E-state index contributed by atoms with van der Waals surface area (Å²) in [5, 5.41) is 1.89. The second-order valence-corrected chi connectivity index (χ2v) is 5.17. The molecule has 3 aromatic rings. The van der Waals surface area contributed by atoms with Crippen LogP contribution in [0.4, 0.5) is 8.78 Å². The fourth-order valence-corrected chi connectivity index (χ4v) is 2.74. The van der Waals surface area contributed by atoms with E-state index in [1.807, 2.05) is 16.0 Å². The van der Waals surface area contributed by atoms with Crippen molar-refractivity contribution in [2.75, 3.05) is 0 Å². The van der Waals surface area contributed by atoms with Gasteiger partial charge in [-0.15, -0.1) is 11.3 Å². The number of aromatic nitrogens is 2. The highest BCUT2D eigenvalue weighted by Crippen LogP contribution is 2.22. The SMILES string of the molecule is O=C(Cc1cn2ccsc2n1)c1ccccc1OC(F)F. The number of Topliss-reactive ketones (excluding diaryl/α,β-unsaturated/α-hetero) is 1. The monoisotopic (exact) mass is 308 g/mol. The number of para-hydroxylation sites is 1. The average molecular weight is 308 g/mol. The van der Waals surface area contributed by atoms with E-state index < -0.39 is 6.61 Å². The van der Waals surface area contributed by atoms with E-state index in [9.17, 15) is 13.6 Å². The molecule has 0 N–H and O–H groups in total. The van der Waals surface area contributed by atoms with Gasteiger partial charge in [-0.05, 0) is 12.1 Å². The van der Waals surface area contributed by atoms with Gasteiger partial charge in [0.1, 0.15) is 5.75 Å². The van der Waals surface area contributed by atoms with Crippen LogP contribution in [0.2, 0.25) is 0 Å². The van der Waals surface area contributed by atoms with Gasteiger partial charge in [0.25, 0.3) is 0 Å². The third-order valence-corrected chi connectivity index (χ3v) is 3.66. The molecule has 1 aromatic carbocycles. The van der Waals surface area contributed by atoms with Gasteiger partial charge in [-0.3, -0.25) is 9.20 Å².